The maximum Gasteiger partial charge on any atom is 0.295 e. The first-order valence-corrected chi connectivity index (χ1v) is 6.02. The maximum atomic E-state index is 10.7. The number of nitrogens with one attached hydrogen (secondary N) is 1. The molecule has 1 aromatic rings. The second-order valence-corrected chi connectivity index (χ2v) is 3.93. The van der Waals surface area contributed by atoms with Crippen molar-refractivity contribution in [3.8, 4) is 5.75 Å². The van der Waals surface area contributed by atoms with E-state index in [1.807, 2.05) is 0 Å². The van der Waals surface area contributed by atoms with Gasteiger partial charge in [0, 0.05) is 0 Å². The number of nitrogens with two attached hydrogens (primary N) is 1. The summed E-state index contributed by atoms with van der Waals surface area (Å²) in [6.45, 7) is 4.51. The predicted octanol–water partition coefficient (Wildman–Crippen LogP) is 1.95. The average Bonchev–Trinajstić information content (AvgIpc) is 2.35. The molecule has 0 radical (unpaired) electrons. The monoisotopic (exact) mass is 253 g/mol. The Hall–Kier alpha value is -1.82. The van der Waals surface area contributed by atoms with E-state index in [2.05, 4.69) is 12.2 Å². The smallest absolute Gasteiger partial charge is 0.295 e. The Morgan fingerprint density at radius 3 is 2.89 bits per heavy atom. The van der Waals surface area contributed by atoms with Crippen molar-refractivity contribution in [3.05, 3.63) is 28.3 Å². The molecule has 0 aliphatic carbocycles. The third-order valence-electron chi connectivity index (χ3n) is 2.39. The number of nitro groups is 1. The summed E-state index contributed by atoms with van der Waals surface area (Å²) < 4.78 is 5.43. The number of hydrogen-bond donors (Lipinski definition) is 2. The molecule has 1 rings (SSSR count). The Morgan fingerprint density at radius 1 is 1.44 bits per heavy atom. The van der Waals surface area contributed by atoms with Crippen LogP contribution >= 0.6 is 0 Å². The standard InChI is InChI=1S/C12H19N3O3/c1-2-6-14-7-3-8-18-10-4-5-11(13)12(9-10)15(16)17/h4-5,9,14H,2-3,6-8,13H2,1H3. The fourth-order valence-corrected chi connectivity index (χ4v) is 1.46. The molecular weight excluding hydrogens is 234 g/mol. The molecule has 3 N–H and O–H groups in total. The van der Waals surface area contributed by atoms with Gasteiger partial charge in [-0.25, -0.2) is 0 Å². The average molecular weight is 253 g/mol. The molecular formula is C12H19N3O3. The van der Waals surface area contributed by atoms with E-state index in [0.29, 0.717) is 12.4 Å². The highest BCUT2D eigenvalue weighted by Gasteiger charge is 2.12. The quantitative estimate of drug-likeness (QED) is 0.320. The minimum atomic E-state index is -0.509. The highest BCUT2D eigenvalue weighted by molar-refractivity contribution is 5.60. The number of rotatable bonds is 8. The summed E-state index contributed by atoms with van der Waals surface area (Å²) >= 11 is 0. The number of ether oxygens (including phenoxy) is 1. The van der Waals surface area contributed by atoms with Crippen molar-refractivity contribution in [3.63, 3.8) is 0 Å². The number of nitro benzene ring substituents is 1. The summed E-state index contributed by atoms with van der Waals surface area (Å²) in [7, 11) is 0. The lowest BCUT2D eigenvalue weighted by Gasteiger charge is -2.07. The fourth-order valence-electron chi connectivity index (χ4n) is 1.46. The van der Waals surface area contributed by atoms with E-state index >= 15 is 0 Å². The zero-order chi connectivity index (χ0) is 13.4. The molecule has 0 spiro atoms. The Labute approximate surface area is 106 Å². The lowest BCUT2D eigenvalue weighted by atomic mass is 10.2. The van der Waals surface area contributed by atoms with Crippen molar-refractivity contribution in [2.24, 2.45) is 0 Å². The number of anilines is 1. The minimum absolute atomic E-state index is 0.114. The van der Waals surface area contributed by atoms with Gasteiger partial charge >= 0.3 is 0 Å². The van der Waals surface area contributed by atoms with Gasteiger partial charge in [0.25, 0.3) is 5.69 Å². The van der Waals surface area contributed by atoms with Gasteiger partial charge in [0.15, 0.2) is 0 Å². The van der Waals surface area contributed by atoms with Gasteiger partial charge in [-0.3, -0.25) is 10.1 Å². The first-order chi connectivity index (χ1) is 8.65. The van der Waals surface area contributed by atoms with E-state index in [9.17, 15) is 10.1 Å². The summed E-state index contributed by atoms with van der Waals surface area (Å²) in [6, 6.07) is 4.49. The van der Waals surface area contributed by atoms with Crippen LogP contribution in [0, 0.1) is 10.1 Å². The second-order valence-electron chi connectivity index (χ2n) is 3.93. The van der Waals surface area contributed by atoms with Crippen LogP contribution in [0.5, 0.6) is 5.75 Å². The van der Waals surface area contributed by atoms with Gasteiger partial charge in [-0.1, -0.05) is 6.92 Å². The molecule has 0 saturated carbocycles. The molecule has 1 aromatic carbocycles. The molecule has 0 unspecified atom stereocenters. The van der Waals surface area contributed by atoms with Gasteiger partial charge in [-0.15, -0.1) is 0 Å². The fraction of sp³-hybridized carbons (Fsp3) is 0.500. The molecule has 0 amide bonds. The van der Waals surface area contributed by atoms with E-state index in [4.69, 9.17) is 10.5 Å². The normalized spacial score (nSPS) is 10.3. The van der Waals surface area contributed by atoms with Crippen molar-refractivity contribution >= 4 is 11.4 Å². The SMILES string of the molecule is CCCNCCCOc1ccc(N)c([N+](=O)[O-])c1. The van der Waals surface area contributed by atoms with Gasteiger partial charge in [0.2, 0.25) is 0 Å². The Bertz CT molecular complexity index is 396. The largest absolute Gasteiger partial charge is 0.493 e. The minimum Gasteiger partial charge on any atom is -0.493 e. The molecule has 0 fully saturated rings. The third-order valence-corrected chi connectivity index (χ3v) is 2.39. The highest BCUT2D eigenvalue weighted by Crippen LogP contribution is 2.26. The lowest BCUT2D eigenvalue weighted by Crippen LogP contribution is -2.18. The summed E-state index contributed by atoms with van der Waals surface area (Å²) in [4.78, 5) is 10.2. The first-order valence-electron chi connectivity index (χ1n) is 6.02. The summed E-state index contributed by atoms with van der Waals surface area (Å²) in [5.41, 5.74) is 5.53. The molecule has 0 saturated heterocycles. The van der Waals surface area contributed by atoms with Crippen LogP contribution in [0.1, 0.15) is 19.8 Å². The first kappa shape index (κ1) is 14.2. The van der Waals surface area contributed by atoms with Crippen LogP contribution in [0.25, 0.3) is 0 Å². The van der Waals surface area contributed by atoms with E-state index in [0.717, 1.165) is 25.9 Å². The molecule has 0 atom stereocenters. The van der Waals surface area contributed by atoms with Crippen LogP contribution in [-0.2, 0) is 0 Å². The van der Waals surface area contributed by atoms with Crippen molar-refractivity contribution in [2.45, 2.75) is 19.8 Å². The number of hydrogen-bond acceptors (Lipinski definition) is 5. The molecule has 6 heteroatoms. The molecule has 0 bridgehead atoms. The van der Waals surface area contributed by atoms with Gasteiger partial charge in [0.05, 0.1) is 17.6 Å². The Morgan fingerprint density at radius 2 is 2.22 bits per heavy atom. The van der Waals surface area contributed by atoms with Crippen LogP contribution in [0.2, 0.25) is 0 Å². The van der Waals surface area contributed by atoms with Crippen LogP contribution in [0.3, 0.4) is 0 Å². The lowest BCUT2D eigenvalue weighted by molar-refractivity contribution is -0.384. The van der Waals surface area contributed by atoms with Crippen LogP contribution in [0.15, 0.2) is 18.2 Å². The van der Waals surface area contributed by atoms with E-state index < -0.39 is 4.92 Å². The Balaban J connectivity index is 2.38. The molecule has 100 valence electrons. The molecule has 18 heavy (non-hydrogen) atoms. The zero-order valence-electron chi connectivity index (χ0n) is 10.5. The topological polar surface area (TPSA) is 90.4 Å². The molecule has 0 aliphatic rings. The van der Waals surface area contributed by atoms with Crippen LogP contribution in [0.4, 0.5) is 11.4 Å². The van der Waals surface area contributed by atoms with Gasteiger partial charge in [0.1, 0.15) is 11.4 Å². The number of benzene rings is 1. The van der Waals surface area contributed by atoms with Gasteiger partial charge in [-0.2, -0.15) is 0 Å². The molecule has 0 aromatic heterocycles. The zero-order valence-corrected chi connectivity index (χ0v) is 10.5. The number of nitrogen functional groups attached to an aromatic ring is 1. The summed E-state index contributed by atoms with van der Waals surface area (Å²) in [5, 5.41) is 13.9. The van der Waals surface area contributed by atoms with Gasteiger partial charge in [-0.05, 0) is 38.1 Å². The van der Waals surface area contributed by atoms with E-state index in [1.165, 1.54) is 12.1 Å². The van der Waals surface area contributed by atoms with Crippen molar-refractivity contribution in [2.75, 3.05) is 25.4 Å². The van der Waals surface area contributed by atoms with E-state index in [-0.39, 0.29) is 11.4 Å². The van der Waals surface area contributed by atoms with Crippen LogP contribution < -0.4 is 15.8 Å². The molecule has 6 nitrogen and oxygen atoms in total. The Kier molecular flexibility index (Phi) is 5.93. The predicted molar refractivity (Wildman–Crippen MR) is 70.8 cm³/mol. The summed E-state index contributed by atoms with van der Waals surface area (Å²) in [5.74, 6) is 0.478. The van der Waals surface area contributed by atoms with Crippen molar-refractivity contribution in [1.82, 2.24) is 5.32 Å². The molecule has 0 aliphatic heterocycles. The van der Waals surface area contributed by atoms with E-state index in [1.54, 1.807) is 6.07 Å². The van der Waals surface area contributed by atoms with Crippen molar-refractivity contribution < 1.29 is 9.66 Å². The number of nitrogens with zero attached hydrogens (tertiary/aromatic N) is 1. The maximum absolute atomic E-state index is 10.7. The van der Waals surface area contributed by atoms with Crippen LogP contribution in [-0.4, -0.2) is 24.6 Å². The van der Waals surface area contributed by atoms with Gasteiger partial charge < -0.3 is 15.8 Å². The van der Waals surface area contributed by atoms with Crippen molar-refractivity contribution in [1.29, 1.82) is 0 Å². The second kappa shape index (κ2) is 7.50. The summed E-state index contributed by atoms with van der Waals surface area (Å²) in [6.07, 6.45) is 1.96. The third kappa shape index (κ3) is 4.58. The highest BCUT2D eigenvalue weighted by atomic mass is 16.6. The molecule has 0 heterocycles.